The highest BCUT2D eigenvalue weighted by Crippen LogP contribution is 2.23. The van der Waals surface area contributed by atoms with E-state index in [1.165, 1.54) is 12.1 Å². The molecule has 0 spiro atoms. The Kier molecular flexibility index (Phi) is 5.43. The maximum absolute atomic E-state index is 12.4. The molecule has 0 heterocycles. The number of benzene rings is 1. The Hall–Kier alpha value is -1.25. The van der Waals surface area contributed by atoms with Crippen molar-refractivity contribution < 1.29 is 27.4 Å². The normalized spacial score (nSPS) is 12.7. The number of alkyl halides is 2. The molecule has 0 fully saturated rings. The number of aliphatic hydroxyl groups excluding tert-OH is 2. The SMILES string of the molecule is CCC(CO)(CO)Nc1ccc(S(=O)(=O)C(F)F)cc1. The van der Waals surface area contributed by atoms with Crippen molar-refractivity contribution in [3.05, 3.63) is 24.3 Å². The van der Waals surface area contributed by atoms with Crippen LogP contribution in [0.5, 0.6) is 0 Å². The molecule has 0 radical (unpaired) electrons. The summed E-state index contributed by atoms with van der Waals surface area (Å²) in [6.45, 7) is 1.11. The van der Waals surface area contributed by atoms with Crippen LogP contribution >= 0.6 is 0 Å². The standard InChI is InChI=1S/C12H17F2NO4S/c1-2-12(7-16,8-17)15-9-3-5-10(6-4-9)20(18,19)11(13)14/h3-6,11,15-17H,2,7-8H2,1H3. The summed E-state index contributed by atoms with van der Waals surface area (Å²) in [7, 11) is -4.61. The van der Waals surface area contributed by atoms with Gasteiger partial charge in [0.25, 0.3) is 0 Å². The summed E-state index contributed by atoms with van der Waals surface area (Å²) in [6, 6.07) is 4.73. The van der Waals surface area contributed by atoms with Crippen molar-refractivity contribution in [2.24, 2.45) is 0 Å². The minimum Gasteiger partial charge on any atom is -0.394 e. The van der Waals surface area contributed by atoms with Gasteiger partial charge < -0.3 is 15.5 Å². The van der Waals surface area contributed by atoms with E-state index >= 15 is 0 Å². The number of nitrogens with one attached hydrogen (secondary N) is 1. The van der Waals surface area contributed by atoms with Gasteiger partial charge in [0, 0.05) is 5.69 Å². The molecule has 0 bridgehead atoms. The largest absolute Gasteiger partial charge is 0.394 e. The zero-order chi connectivity index (χ0) is 15.4. The highest BCUT2D eigenvalue weighted by molar-refractivity contribution is 7.91. The lowest BCUT2D eigenvalue weighted by molar-refractivity contribution is 0.132. The summed E-state index contributed by atoms with van der Waals surface area (Å²) in [6.07, 6.45) is 0.428. The van der Waals surface area contributed by atoms with E-state index in [0.29, 0.717) is 12.1 Å². The first-order valence-electron chi connectivity index (χ1n) is 5.93. The highest BCUT2D eigenvalue weighted by Gasteiger charge is 2.28. The lowest BCUT2D eigenvalue weighted by Gasteiger charge is -2.31. The van der Waals surface area contributed by atoms with Crippen molar-refractivity contribution in [3.63, 3.8) is 0 Å². The molecule has 0 unspecified atom stereocenters. The van der Waals surface area contributed by atoms with E-state index in [1.54, 1.807) is 6.92 Å². The Morgan fingerprint density at radius 2 is 1.70 bits per heavy atom. The van der Waals surface area contributed by atoms with Crippen molar-refractivity contribution >= 4 is 15.5 Å². The maximum Gasteiger partial charge on any atom is 0.341 e. The molecule has 114 valence electrons. The molecule has 5 nitrogen and oxygen atoms in total. The van der Waals surface area contributed by atoms with Gasteiger partial charge in [0.2, 0.25) is 9.84 Å². The fourth-order valence-corrected chi connectivity index (χ4v) is 2.30. The van der Waals surface area contributed by atoms with Gasteiger partial charge in [-0.2, -0.15) is 8.78 Å². The lowest BCUT2D eigenvalue weighted by Crippen LogP contribution is -2.45. The van der Waals surface area contributed by atoms with Crippen molar-refractivity contribution in [2.45, 2.75) is 29.5 Å². The predicted molar refractivity (Wildman–Crippen MR) is 70.4 cm³/mol. The topological polar surface area (TPSA) is 86.6 Å². The van der Waals surface area contributed by atoms with Crippen molar-refractivity contribution in [2.75, 3.05) is 18.5 Å². The first-order chi connectivity index (χ1) is 9.31. The molecule has 1 rings (SSSR count). The molecular formula is C12H17F2NO4S. The molecule has 1 aromatic carbocycles. The van der Waals surface area contributed by atoms with Gasteiger partial charge in [0.1, 0.15) is 0 Å². The molecule has 0 aliphatic rings. The predicted octanol–water partition coefficient (Wildman–Crippen LogP) is 1.23. The number of anilines is 1. The number of hydrogen-bond acceptors (Lipinski definition) is 5. The maximum atomic E-state index is 12.4. The molecule has 0 aliphatic carbocycles. The zero-order valence-corrected chi connectivity index (χ0v) is 11.7. The average molecular weight is 309 g/mol. The molecule has 0 atom stereocenters. The number of hydrogen-bond donors (Lipinski definition) is 3. The zero-order valence-electron chi connectivity index (χ0n) is 10.9. The molecule has 20 heavy (non-hydrogen) atoms. The number of sulfone groups is 1. The molecular weight excluding hydrogens is 292 g/mol. The van der Waals surface area contributed by atoms with Crippen LogP contribution in [0.15, 0.2) is 29.2 Å². The molecule has 8 heteroatoms. The first kappa shape index (κ1) is 16.8. The van der Waals surface area contributed by atoms with E-state index in [1.807, 2.05) is 0 Å². The fourth-order valence-electron chi connectivity index (χ4n) is 1.58. The first-order valence-corrected chi connectivity index (χ1v) is 7.48. The van der Waals surface area contributed by atoms with Gasteiger partial charge in [-0.1, -0.05) is 6.92 Å². The van der Waals surface area contributed by atoms with Crippen molar-refractivity contribution in [3.8, 4) is 0 Å². The number of rotatable bonds is 7. The summed E-state index contributed by atoms with van der Waals surface area (Å²) in [5.74, 6) is -3.47. The summed E-state index contributed by atoms with van der Waals surface area (Å²) < 4.78 is 47.2. The van der Waals surface area contributed by atoms with Gasteiger partial charge in [0.05, 0.1) is 23.6 Å². The van der Waals surface area contributed by atoms with Gasteiger partial charge in [-0.25, -0.2) is 8.42 Å². The fraction of sp³-hybridized carbons (Fsp3) is 0.500. The lowest BCUT2D eigenvalue weighted by atomic mass is 9.98. The van der Waals surface area contributed by atoms with Crippen LogP contribution in [0, 0.1) is 0 Å². The third kappa shape index (κ3) is 3.44. The van der Waals surface area contributed by atoms with Crippen molar-refractivity contribution in [1.82, 2.24) is 0 Å². The quantitative estimate of drug-likeness (QED) is 0.705. The summed E-state index contributed by atoms with van der Waals surface area (Å²) in [5, 5.41) is 21.4. The Labute approximate surface area is 116 Å². The van der Waals surface area contributed by atoms with Gasteiger partial charge in [0.15, 0.2) is 0 Å². The van der Waals surface area contributed by atoms with E-state index in [2.05, 4.69) is 5.32 Å². The Bertz CT molecular complexity index is 519. The molecule has 0 amide bonds. The van der Waals surface area contributed by atoms with Gasteiger partial charge >= 0.3 is 5.76 Å². The van der Waals surface area contributed by atoms with Gasteiger partial charge in [-0.05, 0) is 30.7 Å². The van der Waals surface area contributed by atoms with Crippen LogP contribution in [0.2, 0.25) is 0 Å². The number of aliphatic hydroxyl groups is 2. The minimum atomic E-state index is -4.61. The van der Waals surface area contributed by atoms with Crippen molar-refractivity contribution in [1.29, 1.82) is 0 Å². The second-order valence-corrected chi connectivity index (χ2v) is 6.32. The minimum absolute atomic E-state index is 0.322. The van der Waals surface area contributed by atoms with Crippen LogP contribution in [-0.4, -0.2) is 43.1 Å². The van der Waals surface area contributed by atoms with Gasteiger partial charge in [-0.3, -0.25) is 0 Å². The van der Waals surface area contributed by atoms with Crippen LogP contribution in [0.1, 0.15) is 13.3 Å². The summed E-state index contributed by atoms with van der Waals surface area (Å²) in [5.41, 5.74) is -0.522. The van der Waals surface area contributed by atoms with Gasteiger partial charge in [-0.15, -0.1) is 0 Å². The smallest absolute Gasteiger partial charge is 0.341 e. The molecule has 1 aromatic rings. The molecule has 0 saturated carbocycles. The van der Waals surface area contributed by atoms with E-state index in [-0.39, 0.29) is 13.2 Å². The number of halogens is 2. The van der Waals surface area contributed by atoms with Crippen LogP contribution in [0.4, 0.5) is 14.5 Å². The molecule has 3 N–H and O–H groups in total. The second-order valence-electron chi connectivity index (χ2n) is 4.41. The average Bonchev–Trinajstić information content (AvgIpc) is 2.45. The van der Waals surface area contributed by atoms with Crippen LogP contribution < -0.4 is 5.32 Å². The van der Waals surface area contributed by atoms with E-state index in [9.17, 15) is 27.4 Å². The summed E-state index contributed by atoms with van der Waals surface area (Å²) >= 11 is 0. The van der Waals surface area contributed by atoms with Crippen LogP contribution in [-0.2, 0) is 9.84 Å². The molecule has 0 aliphatic heterocycles. The third-order valence-corrected chi connectivity index (χ3v) is 4.51. The van der Waals surface area contributed by atoms with E-state index in [4.69, 9.17) is 0 Å². The Morgan fingerprint density at radius 3 is 2.05 bits per heavy atom. The third-order valence-electron chi connectivity index (χ3n) is 3.11. The molecule has 0 saturated heterocycles. The highest BCUT2D eigenvalue weighted by atomic mass is 32.2. The Morgan fingerprint density at radius 1 is 1.20 bits per heavy atom. The second kappa shape index (κ2) is 6.47. The van der Waals surface area contributed by atoms with Crippen LogP contribution in [0.3, 0.4) is 0 Å². The molecule has 0 aromatic heterocycles. The van der Waals surface area contributed by atoms with E-state index in [0.717, 1.165) is 12.1 Å². The monoisotopic (exact) mass is 309 g/mol. The Balaban J connectivity index is 2.98. The summed E-state index contributed by atoms with van der Waals surface area (Å²) in [4.78, 5) is -0.479. The van der Waals surface area contributed by atoms with E-state index < -0.39 is 26.0 Å². The van der Waals surface area contributed by atoms with Crippen LogP contribution in [0.25, 0.3) is 0 Å².